The van der Waals surface area contributed by atoms with Gasteiger partial charge >= 0.3 is 0 Å². The standard InChI is InChI=1S/C20H23N5O/c1-14(2)24-19(12-13-21-24)22-20(26)11-10-18-15(3)23-25(16(18)4)17-8-6-5-7-9-17/h5-14H,1-4H3,(H,22,26). The van der Waals surface area contributed by atoms with E-state index >= 15 is 0 Å². The fraction of sp³-hybridized carbons (Fsp3) is 0.250. The molecule has 0 saturated carbocycles. The highest BCUT2D eigenvalue weighted by atomic mass is 16.1. The number of nitrogens with one attached hydrogen (secondary N) is 1. The van der Waals surface area contributed by atoms with Crippen LogP contribution < -0.4 is 5.32 Å². The van der Waals surface area contributed by atoms with Gasteiger partial charge in [-0.25, -0.2) is 9.36 Å². The lowest BCUT2D eigenvalue weighted by Gasteiger charge is -2.10. The van der Waals surface area contributed by atoms with Gasteiger partial charge < -0.3 is 5.32 Å². The quantitative estimate of drug-likeness (QED) is 0.710. The van der Waals surface area contributed by atoms with Crippen LogP contribution in [0.25, 0.3) is 11.8 Å². The number of carbonyl (C=O) groups excluding carboxylic acids is 1. The van der Waals surface area contributed by atoms with Crippen molar-refractivity contribution in [1.29, 1.82) is 0 Å². The summed E-state index contributed by atoms with van der Waals surface area (Å²) >= 11 is 0. The van der Waals surface area contributed by atoms with Gasteiger partial charge in [0.1, 0.15) is 5.82 Å². The number of benzene rings is 1. The molecule has 2 heterocycles. The Balaban J connectivity index is 1.79. The molecule has 3 rings (SSSR count). The normalized spacial score (nSPS) is 11.4. The fourth-order valence-corrected chi connectivity index (χ4v) is 2.87. The van der Waals surface area contributed by atoms with Crippen molar-refractivity contribution >= 4 is 17.8 Å². The monoisotopic (exact) mass is 349 g/mol. The summed E-state index contributed by atoms with van der Waals surface area (Å²) in [6.45, 7) is 7.97. The van der Waals surface area contributed by atoms with E-state index in [9.17, 15) is 4.79 Å². The number of aryl methyl sites for hydroxylation is 1. The molecule has 1 aromatic carbocycles. The fourth-order valence-electron chi connectivity index (χ4n) is 2.87. The van der Waals surface area contributed by atoms with E-state index < -0.39 is 0 Å². The minimum Gasteiger partial charge on any atom is -0.307 e. The van der Waals surface area contributed by atoms with E-state index in [-0.39, 0.29) is 11.9 Å². The van der Waals surface area contributed by atoms with Crippen LogP contribution in [-0.4, -0.2) is 25.5 Å². The lowest BCUT2D eigenvalue weighted by atomic mass is 10.2. The van der Waals surface area contributed by atoms with Gasteiger partial charge in [0.2, 0.25) is 5.91 Å². The van der Waals surface area contributed by atoms with Crippen molar-refractivity contribution in [1.82, 2.24) is 19.6 Å². The molecule has 1 amide bonds. The highest BCUT2D eigenvalue weighted by molar-refractivity contribution is 6.01. The first kappa shape index (κ1) is 17.7. The van der Waals surface area contributed by atoms with Crippen LogP contribution in [0.15, 0.2) is 48.7 Å². The number of aromatic nitrogens is 4. The smallest absolute Gasteiger partial charge is 0.249 e. The predicted molar refractivity (Wildman–Crippen MR) is 103 cm³/mol. The van der Waals surface area contributed by atoms with Crippen LogP contribution in [0, 0.1) is 13.8 Å². The Morgan fingerprint density at radius 3 is 2.58 bits per heavy atom. The number of anilines is 1. The highest BCUT2D eigenvalue weighted by Gasteiger charge is 2.11. The average molecular weight is 349 g/mol. The van der Waals surface area contributed by atoms with Gasteiger partial charge in [-0.05, 0) is 45.9 Å². The van der Waals surface area contributed by atoms with Crippen molar-refractivity contribution in [3.63, 3.8) is 0 Å². The largest absolute Gasteiger partial charge is 0.307 e. The second kappa shape index (κ2) is 7.39. The Morgan fingerprint density at radius 2 is 1.88 bits per heavy atom. The molecule has 0 fully saturated rings. The summed E-state index contributed by atoms with van der Waals surface area (Å²) in [5, 5.41) is 11.7. The Hall–Kier alpha value is -3.15. The molecule has 0 aliphatic heterocycles. The Morgan fingerprint density at radius 1 is 1.15 bits per heavy atom. The topological polar surface area (TPSA) is 64.7 Å². The number of hydrogen-bond acceptors (Lipinski definition) is 3. The van der Waals surface area contributed by atoms with Crippen molar-refractivity contribution in [3.05, 3.63) is 65.6 Å². The third kappa shape index (κ3) is 3.59. The number of amides is 1. The van der Waals surface area contributed by atoms with Crippen LogP contribution in [-0.2, 0) is 4.79 Å². The molecule has 2 aromatic heterocycles. The zero-order chi connectivity index (χ0) is 18.7. The minimum absolute atomic E-state index is 0.179. The van der Waals surface area contributed by atoms with E-state index in [0.29, 0.717) is 5.82 Å². The third-order valence-corrected chi connectivity index (χ3v) is 4.16. The second-order valence-electron chi connectivity index (χ2n) is 6.41. The number of carbonyl (C=O) groups is 1. The van der Waals surface area contributed by atoms with Crippen LogP contribution in [0.4, 0.5) is 5.82 Å². The Kier molecular flexibility index (Phi) is 5.02. The van der Waals surface area contributed by atoms with E-state index in [1.165, 1.54) is 6.08 Å². The van der Waals surface area contributed by atoms with E-state index in [0.717, 1.165) is 22.6 Å². The zero-order valence-corrected chi connectivity index (χ0v) is 15.5. The molecule has 6 heteroatoms. The van der Waals surface area contributed by atoms with Gasteiger partial charge in [-0.2, -0.15) is 10.2 Å². The van der Waals surface area contributed by atoms with Crippen molar-refractivity contribution in [2.75, 3.05) is 5.32 Å². The van der Waals surface area contributed by atoms with Gasteiger partial charge in [-0.1, -0.05) is 18.2 Å². The summed E-state index contributed by atoms with van der Waals surface area (Å²) < 4.78 is 3.66. The molecule has 0 aliphatic rings. The van der Waals surface area contributed by atoms with Crippen molar-refractivity contribution in [2.24, 2.45) is 0 Å². The van der Waals surface area contributed by atoms with Gasteiger partial charge in [-0.15, -0.1) is 0 Å². The van der Waals surface area contributed by atoms with Crippen molar-refractivity contribution in [2.45, 2.75) is 33.7 Å². The SMILES string of the molecule is Cc1nn(-c2ccccc2)c(C)c1C=CC(=O)Nc1ccnn1C(C)C. The lowest BCUT2D eigenvalue weighted by molar-refractivity contribution is -0.111. The number of hydrogen-bond donors (Lipinski definition) is 1. The number of para-hydroxylation sites is 1. The van der Waals surface area contributed by atoms with E-state index in [4.69, 9.17) is 0 Å². The molecule has 0 saturated heterocycles. The van der Waals surface area contributed by atoms with Crippen molar-refractivity contribution in [3.8, 4) is 5.69 Å². The number of rotatable bonds is 5. The van der Waals surface area contributed by atoms with E-state index in [1.807, 2.05) is 68.8 Å². The zero-order valence-electron chi connectivity index (χ0n) is 15.5. The second-order valence-corrected chi connectivity index (χ2v) is 6.41. The molecule has 26 heavy (non-hydrogen) atoms. The molecular formula is C20H23N5O. The lowest BCUT2D eigenvalue weighted by Crippen LogP contribution is -2.14. The van der Waals surface area contributed by atoms with Crippen LogP contribution in [0.2, 0.25) is 0 Å². The van der Waals surface area contributed by atoms with Gasteiger partial charge in [-0.3, -0.25) is 4.79 Å². The minimum atomic E-state index is -0.196. The molecule has 0 atom stereocenters. The molecular weight excluding hydrogens is 326 g/mol. The van der Waals surface area contributed by atoms with Gasteiger partial charge in [0.25, 0.3) is 0 Å². The highest BCUT2D eigenvalue weighted by Crippen LogP contribution is 2.19. The summed E-state index contributed by atoms with van der Waals surface area (Å²) in [5.41, 5.74) is 3.81. The Labute approximate surface area is 153 Å². The molecule has 0 bridgehead atoms. The first-order valence-electron chi connectivity index (χ1n) is 8.61. The van der Waals surface area contributed by atoms with Crippen LogP contribution in [0.5, 0.6) is 0 Å². The summed E-state index contributed by atoms with van der Waals surface area (Å²) in [6, 6.07) is 11.9. The van der Waals surface area contributed by atoms with Gasteiger partial charge in [0.05, 0.1) is 17.6 Å². The molecule has 3 aromatic rings. The van der Waals surface area contributed by atoms with Crippen LogP contribution >= 0.6 is 0 Å². The maximum atomic E-state index is 12.3. The molecule has 0 aliphatic carbocycles. The van der Waals surface area contributed by atoms with Crippen molar-refractivity contribution < 1.29 is 4.79 Å². The third-order valence-electron chi connectivity index (χ3n) is 4.16. The first-order valence-corrected chi connectivity index (χ1v) is 8.61. The molecule has 0 spiro atoms. The molecule has 134 valence electrons. The van der Waals surface area contributed by atoms with E-state index in [2.05, 4.69) is 15.5 Å². The summed E-state index contributed by atoms with van der Waals surface area (Å²) in [4.78, 5) is 12.3. The first-order chi connectivity index (χ1) is 12.5. The van der Waals surface area contributed by atoms with Crippen LogP contribution in [0.1, 0.15) is 36.8 Å². The molecule has 0 radical (unpaired) electrons. The number of nitrogens with zero attached hydrogens (tertiary/aromatic N) is 4. The van der Waals surface area contributed by atoms with Gasteiger partial charge in [0, 0.05) is 29.4 Å². The molecule has 1 N–H and O–H groups in total. The average Bonchev–Trinajstić information content (AvgIpc) is 3.19. The molecule has 6 nitrogen and oxygen atoms in total. The maximum absolute atomic E-state index is 12.3. The molecule has 0 unspecified atom stereocenters. The summed E-state index contributed by atoms with van der Waals surface area (Å²) in [6.07, 6.45) is 5.02. The van der Waals surface area contributed by atoms with E-state index in [1.54, 1.807) is 16.9 Å². The van der Waals surface area contributed by atoms with Crippen LogP contribution in [0.3, 0.4) is 0 Å². The maximum Gasteiger partial charge on any atom is 0.249 e. The van der Waals surface area contributed by atoms with Gasteiger partial charge in [0.15, 0.2) is 0 Å². The predicted octanol–water partition coefficient (Wildman–Crippen LogP) is 3.92. The summed E-state index contributed by atoms with van der Waals surface area (Å²) in [7, 11) is 0. The summed E-state index contributed by atoms with van der Waals surface area (Å²) in [5.74, 6) is 0.488. The Bertz CT molecular complexity index is 935.